The van der Waals surface area contributed by atoms with E-state index in [1.165, 1.54) is 29.5 Å². The first-order chi connectivity index (χ1) is 10.3. The number of nitrogens with zero attached hydrogens (tertiary/aromatic N) is 2. The van der Waals surface area contributed by atoms with Crippen LogP contribution in [0.1, 0.15) is 17.3 Å². The SMILES string of the molecule is CC(CN(C)C(=O)c1cc(=O)n(C)c2ccccc12)C(=O)O. The first-order valence-electron chi connectivity index (χ1n) is 6.90. The molecule has 0 bridgehead atoms. The third-order valence-corrected chi connectivity index (χ3v) is 3.70. The minimum Gasteiger partial charge on any atom is -0.481 e. The molecule has 1 aromatic carbocycles. The molecule has 2 rings (SSSR count). The third kappa shape index (κ3) is 2.86. The van der Waals surface area contributed by atoms with Gasteiger partial charge in [-0.3, -0.25) is 14.4 Å². The van der Waals surface area contributed by atoms with Crippen molar-refractivity contribution in [2.45, 2.75) is 6.92 Å². The Labute approximate surface area is 127 Å². The normalized spacial score (nSPS) is 12.1. The summed E-state index contributed by atoms with van der Waals surface area (Å²) in [6.07, 6.45) is 0. The van der Waals surface area contributed by atoms with Crippen LogP contribution >= 0.6 is 0 Å². The fraction of sp³-hybridized carbons (Fsp3) is 0.312. The van der Waals surface area contributed by atoms with E-state index < -0.39 is 11.9 Å². The molecular weight excluding hydrogens is 284 g/mol. The molecule has 0 aliphatic heterocycles. The van der Waals surface area contributed by atoms with Crippen LogP contribution in [0.4, 0.5) is 0 Å². The van der Waals surface area contributed by atoms with Crippen LogP contribution in [0.5, 0.6) is 0 Å². The molecule has 0 radical (unpaired) electrons. The van der Waals surface area contributed by atoms with E-state index in [9.17, 15) is 14.4 Å². The smallest absolute Gasteiger partial charge is 0.308 e. The molecule has 1 N–H and O–H groups in total. The predicted octanol–water partition coefficient (Wildman–Crippen LogP) is 1.33. The lowest BCUT2D eigenvalue weighted by Gasteiger charge is -2.20. The number of carboxylic acid groups (broad SMARTS) is 1. The van der Waals surface area contributed by atoms with Crippen molar-refractivity contribution in [1.82, 2.24) is 9.47 Å². The molecule has 1 aromatic heterocycles. The summed E-state index contributed by atoms with van der Waals surface area (Å²) in [5.41, 5.74) is 0.679. The van der Waals surface area contributed by atoms with Crippen molar-refractivity contribution >= 4 is 22.8 Å². The van der Waals surface area contributed by atoms with Crippen molar-refractivity contribution in [3.05, 3.63) is 46.2 Å². The monoisotopic (exact) mass is 302 g/mol. The van der Waals surface area contributed by atoms with Crippen molar-refractivity contribution in [3.8, 4) is 0 Å². The minimum atomic E-state index is -0.964. The first-order valence-corrected chi connectivity index (χ1v) is 6.90. The second kappa shape index (κ2) is 6.01. The van der Waals surface area contributed by atoms with Gasteiger partial charge in [0.05, 0.1) is 17.0 Å². The number of aryl methyl sites for hydroxylation is 1. The zero-order valence-corrected chi connectivity index (χ0v) is 12.7. The Kier molecular flexibility index (Phi) is 4.30. The fourth-order valence-electron chi connectivity index (χ4n) is 2.37. The number of carbonyl (C=O) groups excluding carboxylic acids is 1. The maximum atomic E-state index is 12.6. The average molecular weight is 302 g/mol. The van der Waals surface area contributed by atoms with Gasteiger partial charge in [-0.2, -0.15) is 0 Å². The molecule has 0 fully saturated rings. The number of amides is 1. The van der Waals surface area contributed by atoms with Crippen LogP contribution in [-0.2, 0) is 11.8 Å². The zero-order valence-electron chi connectivity index (χ0n) is 12.7. The van der Waals surface area contributed by atoms with E-state index in [2.05, 4.69) is 0 Å². The van der Waals surface area contributed by atoms with Gasteiger partial charge in [-0.15, -0.1) is 0 Å². The number of benzene rings is 1. The molecule has 1 heterocycles. The predicted molar refractivity (Wildman–Crippen MR) is 82.9 cm³/mol. The van der Waals surface area contributed by atoms with Crippen LogP contribution in [0.2, 0.25) is 0 Å². The Balaban J connectivity index is 2.46. The maximum Gasteiger partial charge on any atom is 0.308 e. The second-order valence-electron chi connectivity index (χ2n) is 5.40. The number of rotatable bonds is 4. The van der Waals surface area contributed by atoms with Crippen LogP contribution in [0, 0.1) is 5.92 Å². The lowest BCUT2D eigenvalue weighted by atomic mass is 10.1. The van der Waals surface area contributed by atoms with Crippen molar-refractivity contribution in [2.75, 3.05) is 13.6 Å². The molecule has 0 aliphatic rings. The standard InChI is InChI=1S/C16H18N2O4/c1-10(16(21)22)9-17(2)15(20)12-8-14(19)18(3)13-7-5-4-6-11(12)13/h4-8,10H,9H2,1-3H3,(H,21,22). The van der Waals surface area contributed by atoms with Crippen molar-refractivity contribution in [2.24, 2.45) is 13.0 Å². The van der Waals surface area contributed by atoms with Crippen LogP contribution in [-0.4, -0.2) is 40.0 Å². The van der Waals surface area contributed by atoms with E-state index in [0.717, 1.165) is 0 Å². The molecule has 6 nitrogen and oxygen atoms in total. The van der Waals surface area contributed by atoms with Crippen LogP contribution in [0.25, 0.3) is 10.9 Å². The summed E-state index contributed by atoms with van der Waals surface area (Å²) in [7, 11) is 3.18. The Morgan fingerprint density at radius 2 is 1.95 bits per heavy atom. The highest BCUT2D eigenvalue weighted by Gasteiger charge is 2.21. The van der Waals surface area contributed by atoms with Crippen LogP contribution in [0.15, 0.2) is 35.1 Å². The fourth-order valence-corrected chi connectivity index (χ4v) is 2.37. The number of carbonyl (C=O) groups is 2. The van der Waals surface area contributed by atoms with Gasteiger partial charge in [0.25, 0.3) is 11.5 Å². The summed E-state index contributed by atoms with van der Waals surface area (Å²) < 4.78 is 1.48. The molecule has 0 saturated heterocycles. The highest BCUT2D eigenvalue weighted by atomic mass is 16.4. The molecule has 0 spiro atoms. The molecule has 116 valence electrons. The van der Waals surface area contributed by atoms with E-state index >= 15 is 0 Å². The largest absolute Gasteiger partial charge is 0.481 e. The van der Waals surface area contributed by atoms with Crippen molar-refractivity contribution in [3.63, 3.8) is 0 Å². The topological polar surface area (TPSA) is 79.6 Å². The number of para-hydroxylation sites is 1. The molecule has 6 heteroatoms. The van der Waals surface area contributed by atoms with Crippen LogP contribution < -0.4 is 5.56 Å². The molecule has 0 saturated carbocycles. The lowest BCUT2D eigenvalue weighted by Crippen LogP contribution is -2.34. The summed E-state index contributed by atoms with van der Waals surface area (Å²) in [4.78, 5) is 36.8. The van der Waals surface area contributed by atoms with Gasteiger partial charge >= 0.3 is 5.97 Å². The first kappa shape index (κ1) is 15.8. The number of pyridine rings is 1. The van der Waals surface area contributed by atoms with Crippen LogP contribution in [0.3, 0.4) is 0 Å². The summed E-state index contributed by atoms with van der Waals surface area (Å²) in [6, 6.07) is 8.44. The van der Waals surface area contributed by atoms with Gasteiger partial charge in [0.1, 0.15) is 0 Å². The van der Waals surface area contributed by atoms with E-state index in [4.69, 9.17) is 5.11 Å². The van der Waals surface area contributed by atoms with Gasteiger partial charge in [0.2, 0.25) is 0 Å². The Morgan fingerprint density at radius 3 is 2.59 bits per heavy atom. The highest BCUT2D eigenvalue weighted by molar-refractivity contribution is 6.06. The maximum absolute atomic E-state index is 12.6. The van der Waals surface area contributed by atoms with Gasteiger partial charge in [-0.25, -0.2) is 0 Å². The summed E-state index contributed by atoms with van der Waals surface area (Å²) >= 11 is 0. The molecule has 1 unspecified atom stereocenters. The summed E-state index contributed by atoms with van der Waals surface area (Å²) in [6.45, 7) is 1.62. The van der Waals surface area contributed by atoms with Gasteiger partial charge in [-0.05, 0) is 6.07 Å². The van der Waals surface area contributed by atoms with Gasteiger partial charge in [0.15, 0.2) is 0 Å². The molecule has 1 atom stereocenters. The average Bonchev–Trinajstić information content (AvgIpc) is 2.50. The number of carboxylic acids is 1. The van der Waals surface area contributed by atoms with Crippen molar-refractivity contribution in [1.29, 1.82) is 0 Å². The van der Waals surface area contributed by atoms with E-state index in [0.29, 0.717) is 16.5 Å². The number of hydrogen-bond acceptors (Lipinski definition) is 3. The number of aromatic nitrogens is 1. The minimum absolute atomic E-state index is 0.0811. The Bertz CT molecular complexity index is 794. The molecular formula is C16H18N2O4. The van der Waals surface area contributed by atoms with E-state index in [1.54, 1.807) is 31.3 Å². The lowest BCUT2D eigenvalue weighted by molar-refractivity contribution is -0.141. The number of aliphatic carboxylic acids is 1. The van der Waals surface area contributed by atoms with E-state index in [1.807, 2.05) is 0 Å². The summed E-state index contributed by atoms with van der Waals surface area (Å²) in [5, 5.41) is 9.61. The molecule has 22 heavy (non-hydrogen) atoms. The molecule has 1 amide bonds. The van der Waals surface area contributed by atoms with Gasteiger partial charge < -0.3 is 14.6 Å². The number of hydrogen-bond donors (Lipinski definition) is 1. The quantitative estimate of drug-likeness (QED) is 0.924. The van der Waals surface area contributed by atoms with Gasteiger partial charge in [-0.1, -0.05) is 25.1 Å². The van der Waals surface area contributed by atoms with Gasteiger partial charge in [0, 0.05) is 32.1 Å². The summed E-state index contributed by atoms with van der Waals surface area (Å²) in [5.74, 6) is -2.00. The molecule has 0 aliphatic carbocycles. The third-order valence-electron chi connectivity index (χ3n) is 3.70. The Morgan fingerprint density at radius 1 is 1.32 bits per heavy atom. The molecule has 2 aromatic rings. The number of fused-ring (bicyclic) bond motifs is 1. The van der Waals surface area contributed by atoms with Crippen molar-refractivity contribution < 1.29 is 14.7 Å². The highest BCUT2D eigenvalue weighted by Crippen LogP contribution is 2.18. The Hall–Kier alpha value is -2.63. The second-order valence-corrected chi connectivity index (χ2v) is 5.40. The zero-order chi connectivity index (χ0) is 16.4. The van der Waals surface area contributed by atoms with E-state index in [-0.39, 0.29) is 18.0 Å².